The number of halogens is 1. The first kappa shape index (κ1) is 18.9. The van der Waals surface area contributed by atoms with Crippen molar-refractivity contribution in [3.05, 3.63) is 51.6 Å². The minimum Gasteiger partial charge on any atom is -0.365 e. The molecule has 9 heteroatoms. The van der Waals surface area contributed by atoms with Crippen LogP contribution in [0.2, 0.25) is 5.02 Å². The molecular formula is C18H17ClN6OS. The fourth-order valence-corrected chi connectivity index (χ4v) is 3.88. The maximum absolute atomic E-state index is 11.7. The molecule has 0 spiro atoms. The highest BCUT2D eigenvalue weighted by atomic mass is 35.5. The molecule has 1 aromatic carbocycles. The Bertz CT molecular complexity index is 1030. The molecule has 0 bridgehead atoms. The smallest absolute Gasteiger partial charge is 0.268 e. The molecule has 27 heavy (non-hydrogen) atoms. The number of amides is 1. The first-order valence-electron chi connectivity index (χ1n) is 8.14. The van der Waals surface area contributed by atoms with E-state index in [2.05, 4.69) is 15.4 Å². The van der Waals surface area contributed by atoms with E-state index >= 15 is 0 Å². The molecule has 0 fully saturated rings. The summed E-state index contributed by atoms with van der Waals surface area (Å²) < 4.78 is 1.80. The van der Waals surface area contributed by atoms with Gasteiger partial charge in [-0.2, -0.15) is 10.4 Å². The van der Waals surface area contributed by atoms with E-state index in [-0.39, 0.29) is 5.92 Å². The lowest BCUT2D eigenvalue weighted by atomic mass is 10.1. The molecule has 1 unspecified atom stereocenters. The van der Waals surface area contributed by atoms with Crippen molar-refractivity contribution in [1.29, 1.82) is 5.26 Å². The van der Waals surface area contributed by atoms with Gasteiger partial charge in [-0.25, -0.2) is 4.98 Å². The number of hydrogen-bond donors (Lipinski definition) is 2. The largest absolute Gasteiger partial charge is 0.365 e. The minimum atomic E-state index is -0.539. The van der Waals surface area contributed by atoms with Gasteiger partial charge >= 0.3 is 0 Å². The minimum absolute atomic E-state index is 0.00408. The normalized spacial score (nSPS) is 11.8. The lowest BCUT2D eigenvalue weighted by Gasteiger charge is -2.10. The van der Waals surface area contributed by atoms with Crippen molar-refractivity contribution in [1.82, 2.24) is 14.8 Å². The molecule has 2 heterocycles. The number of carbonyl (C=O) groups is 1. The molecule has 1 atom stereocenters. The molecule has 3 N–H and O–H groups in total. The Morgan fingerprint density at radius 1 is 1.48 bits per heavy atom. The van der Waals surface area contributed by atoms with E-state index in [4.69, 9.17) is 22.6 Å². The molecule has 1 amide bonds. The van der Waals surface area contributed by atoms with E-state index in [9.17, 15) is 4.79 Å². The van der Waals surface area contributed by atoms with Crippen LogP contribution in [0.25, 0.3) is 11.3 Å². The number of carbonyl (C=O) groups excluding carboxylic acids is 1. The van der Waals surface area contributed by atoms with Crippen molar-refractivity contribution >= 4 is 34.0 Å². The monoisotopic (exact) mass is 400 g/mol. The van der Waals surface area contributed by atoms with Crippen LogP contribution in [0.5, 0.6) is 0 Å². The number of rotatable bonds is 6. The first-order chi connectivity index (χ1) is 12.9. The average Bonchev–Trinajstić information content (AvgIpc) is 3.28. The van der Waals surface area contributed by atoms with Crippen LogP contribution < -0.4 is 11.1 Å². The van der Waals surface area contributed by atoms with E-state index in [1.54, 1.807) is 23.9 Å². The third-order valence-electron chi connectivity index (χ3n) is 4.04. The molecule has 3 aromatic rings. The maximum atomic E-state index is 11.7. The first-order valence-corrected chi connectivity index (χ1v) is 9.34. The number of hydrogen-bond acceptors (Lipinski definition) is 6. The zero-order chi connectivity index (χ0) is 19.6. The molecule has 7 nitrogen and oxygen atoms in total. The molecule has 3 rings (SSSR count). The lowest BCUT2D eigenvalue weighted by Crippen LogP contribution is -2.16. The quantitative estimate of drug-likeness (QED) is 0.658. The zero-order valence-corrected chi connectivity index (χ0v) is 16.3. The van der Waals surface area contributed by atoms with Crippen molar-refractivity contribution in [3.8, 4) is 17.3 Å². The Hall–Kier alpha value is -2.89. The van der Waals surface area contributed by atoms with Crippen LogP contribution in [0.3, 0.4) is 0 Å². The second-order valence-corrected chi connectivity index (χ2v) is 7.41. The molecule has 0 aliphatic heterocycles. The van der Waals surface area contributed by atoms with Gasteiger partial charge in [-0.15, -0.1) is 11.3 Å². The number of benzene rings is 1. The SMILES string of the molecule is CNc1nc(C(N)=O)c(C(C)Cn2ccc(-c3ccc(C#N)c(Cl)c3)n2)s1. The van der Waals surface area contributed by atoms with Gasteiger partial charge < -0.3 is 11.1 Å². The van der Waals surface area contributed by atoms with Crippen molar-refractivity contribution < 1.29 is 4.79 Å². The molecule has 0 saturated heterocycles. The van der Waals surface area contributed by atoms with E-state index in [1.807, 2.05) is 31.3 Å². The van der Waals surface area contributed by atoms with Gasteiger partial charge in [-0.1, -0.05) is 24.6 Å². The van der Waals surface area contributed by atoms with Crippen LogP contribution in [0, 0.1) is 11.3 Å². The fraction of sp³-hybridized carbons (Fsp3) is 0.222. The Morgan fingerprint density at radius 3 is 2.89 bits per heavy atom. The summed E-state index contributed by atoms with van der Waals surface area (Å²) in [5.41, 5.74) is 7.76. The van der Waals surface area contributed by atoms with Gasteiger partial charge in [-0.3, -0.25) is 9.48 Å². The average molecular weight is 401 g/mol. The summed E-state index contributed by atoms with van der Waals surface area (Å²) >= 11 is 7.51. The highest BCUT2D eigenvalue weighted by Gasteiger charge is 2.21. The number of aromatic nitrogens is 3. The Morgan fingerprint density at radius 2 is 2.26 bits per heavy atom. The van der Waals surface area contributed by atoms with Crippen LogP contribution >= 0.6 is 22.9 Å². The molecule has 0 aliphatic rings. The van der Waals surface area contributed by atoms with E-state index in [1.165, 1.54) is 11.3 Å². The number of nitrogens with two attached hydrogens (primary N) is 1. The molecule has 0 aliphatic carbocycles. The van der Waals surface area contributed by atoms with Crippen molar-refractivity contribution in [2.75, 3.05) is 12.4 Å². The summed E-state index contributed by atoms with van der Waals surface area (Å²) in [6.45, 7) is 2.56. The Kier molecular flexibility index (Phi) is 5.44. The van der Waals surface area contributed by atoms with Crippen LogP contribution in [0.15, 0.2) is 30.5 Å². The predicted molar refractivity (Wildman–Crippen MR) is 106 cm³/mol. The third-order valence-corrected chi connectivity index (χ3v) is 5.65. The standard InChI is InChI=1S/C18H17ClN6OS/c1-10(16-15(17(21)26)23-18(22-2)27-16)9-25-6-5-14(24-25)11-3-4-12(8-20)13(19)7-11/h3-7,10H,9H2,1-2H3,(H2,21,26)(H,22,23). The molecule has 0 radical (unpaired) electrons. The summed E-state index contributed by atoms with van der Waals surface area (Å²) in [7, 11) is 1.75. The van der Waals surface area contributed by atoms with E-state index in [0.717, 1.165) is 16.1 Å². The fourth-order valence-electron chi connectivity index (χ4n) is 2.70. The highest BCUT2D eigenvalue weighted by Crippen LogP contribution is 2.31. The second-order valence-electron chi connectivity index (χ2n) is 5.98. The number of nitrogens with zero attached hydrogens (tertiary/aromatic N) is 4. The van der Waals surface area contributed by atoms with E-state index in [0.29, 0.717) is 28.0 Å². The van der Waals surface area contributed by atoms with Gasteiger partial charge in [0.2, 0.25) is 0 Å². The van der Waals surface area contributed by atoms with Crippen molar-refractivity contribution in [3.63, 3.8) is 0 Å². The number of primary amides is 1. The summed E-state index contributed by atoms with van der Waals surface area (Å²) in [6, 6.07) is 9.13. The number of nitrogens with one attached hydrogen (secondary N) is 1. The summed E-state index contributed by atoms with van der Waals surface area (Å²) in [6.07, 6.45) is 1.86. The molecule has 0 saturated carbocycles. The predicted octanol–water partition coefficient (Wildman–Crippen LogP) is 3.48. The van der Waals surface area contributed by atoms with Gasteiger partial charge in [0, 0.05) is 36.1 Å². The number of thiazole rings is 1. The summed E-state index contributed by atoms with van der Waals surface area (Å²) in [5.74, 6) is -0.535. The Labute approximate surface area is 165 Å². The molecular weight excluding hydrogens is 384 g/mol. The van der Waals surface area contributed by atoms with Gasteiger partial charge in [0.1, 0.15) is 11.8 Å². The van der Waals surface area contributed by atoms with Crippen LogP contribution in [-0.4, -0.2) is 27.7 Å². The highest BCUT2D eigenvalue weighted by molar-refractivity contribution is 7.16. The summed E-state index contributed by atoms with van der Waals surface area (Å²) in [5, 5.41) is 17.5. The van der Waals surface area contributed by atoms with Crippen molar-refractivity contribution in [2.24, 2.45) is 5.73 Å². The third kappa shape index (κ3) is 3.94. The number of nitriles is 1. The topological polar surface area (TPSA) is 110 Å². The second kappa shape index (κ2) is 7.78. The Balaban J connectivity index is 1.82. The summed E-state index contributed by atoms with van der Waals surface area (Å²) in [4.78, 5) is 16.7. The van der Waals surface area contributed by atoms with Crippen LogP contribution in [0.4, 0.5) is 5.13 Å². The van der Waals surface area contributed by atoms with Gasteiger partial charge in [-0.05, 0) is 18.2 Å². The van der Waals surface area contributed by atoms with E-state index < -0.39 is 5.91 Å². The van der Waals surface area contributed by atoms with Gasteiger partial charge in [0.25, 0.3) is 5.91 Å². The zero-order valence-electron chi connectivity index (χ0n) is 14.7. The van der Waals surface area contributed by atoms with Crippen molar-refractivity contribution in [2.45, 2.75) is 19.4 Å². The van der Waals surface area contributed by atoms with Crippen LogP contribution in [0.1, 0.15) is 33.8 Å². The van der Waals surface area contributed by atoms with Crippen LogP contribution in [-0.2, 0) is 6.54 Å². The van der Waals surface area contributed by atoms with Gasteiger partial charge in [0.05, 0.1) is 16.3 Å². The maximum Gasteiger partial charge on any atom is 0.268 e. The van der Waals surface area contributed by atoms with Gasteiger partial charge in [0.15, 0.2) is 5.13 Å². The number of anilines is 1. The lowest BCUT2D eigenvalue weighted by molar-refractivity contribution is 0.0995. The molecule has 2 aromatic heterocycles. The molecule has 138 valence electrons.